The smallest absolute Gasteiger partial charge is 0.198 e. The Hall–Kier alpha value is -4.14. The van der Waals surface area contributed by atoms with E-state index in [1.54, 1.807) is 6.07 Å². The van der Waals surface area contributed by atoms with E-state index >= 15 is 0 Å². The van der Waals surface area contributed by atoms with Crippen molar-refractivity contribution in [2.75, 3.05) is 0 Å². The summed E-state index contributed by atoms with van der Waals surface area (Å²) in [6.45, 7) is 2.80. The van der Waals surface area contributed by atoms with Gasteiger partial charge in [-0.15, -0.1) is 5.10 Å². The first kappa shape index (κ1) is 22.6. The summed E-state index contributed by atoms with van der Waals surface area (Å²) in [6.07, 6.45) is 4.80. The first-order valence-electron chi connectivity index (χ1n) is 11.9. The minimum atomic E-state index is -0.384. The molecule has 0 aliphatic carbocycles. The highest BCUT2D eigenvalue weighted by molar-refractivity contribution is 5.55. The standard InChI is InChI=1S/C26H27FN8/c1-2-3-9-25-28-24(17-12-19-7-5-4-6-8-19)31-34(25)18-20-10-13-21(14-11-20)35-22(15-16-23(35)27)26-29-32-33-30-26/h4-8,10-11,13-16H,2-3,9,12,17-18H2,1H3,(H,29,30,32,33). The monoisotopic (exact) mass is 470 g/mol. The molecule has 8 nitrogen and oxygen atoms in total. The fraction of sp³-hybridized carbons (Fsp3) is 0.269. The molecule has 35 heavy (non-hydrogen) atoms. The van der Waals surface area contributed by atoms with E-state index in [-0.39, 0.29) is 5.95 Å². The van der Waals surface area contributed by atoms with E-state index in [1.165, 1.54) is 16.2 Å². The summed E-state index contributed by atoms with van der Waals surface area (Å²) in [6, 6.07) is 21.2. The van der Waals surface area contributed by atoms with E-state index in [1.807, 2.05) is 35.0 Å². The van der Waals surface area contributed by atoms with Crippen LogP contribution in [0.3, 0.4) is 0 Å². The highest BCUT2D eigenvalue weighted by atomic mass is 19.1. The number of hydrogen-bond acceptors (Lipinski definition) is 5. The lowest BCUT2D eigenvalue weighted by Crippen LogP contribution is -2.08. The van der Waals surface area contributed by atoms with Crippen LogP contribution in [0.2, 0.25) is 0 Å². The number of H-pyrrole nitrogens is 1. The molecule has 0 spiro atoms. The van der Waals surface area contributed by atoms with Crippen molar-refractivity contribution < 1.29 is 4.39 Å². The van der Waals surface area contributed by atoms with Crippen LogP contribution in [0.1, 0.15) is 42.5 Å². The van der Waals surface area contributed by atoms with Gasteiger partial charge in [-0.3, -0.25) is 4.57 Å². The molecule has 5 rings (SSSR count). The molecule has 5 aromatic rings. The predicted octanol–water partition coefficient (Wildman–Crippen LogP) is 4.56. The normalized spacial score (nSPS) is 11.3. The lowest BCUT2D eigenvalue weighted by molar-refractivity contribution is 0.561. The molecule has 0 aliphatic heterocycles. The maximum Gasteiger partial charge on any atom is 0.198 e. The van der Waals surface area contributed by atoms with Crippen molar-refractivity contribution in [1.82, 2.24) is 40.0 Å². The first-order valence-corrected chi connectivity index (χ1v) is 11.9. The number of unbranched alkanes of at least 4 members (excludes halogenated alkanes) is 1. The minimum Gasteiger partial charge on any atom is -0.283 e. The summed E-state index contributed by atoms with van der Waals surface area (Å²) >= 11 is 0. The summed E-state index contributed by atoms with van der Waals surface area (Å²) in [4.78, 5) is 4.84. The van der Waals surface area contributed by atoms with E-state index in [9.17, 15) is 4.39 Å². The van der Waals surface area contributed by atoms with Gasteiger partial charge in [-0.1, -0.05) is 55.8 Å². The van der Waals surface area contributed by atoms with Gasteiger partial charge in [0.15, 0.2) is 17.6 Å². The van der Waals surface area contributed by atoms with Gasteiger partial charge < -0.3 is 0 Å². The molecule has 1 N–H and O–H groups in total. The Morgan fingerprint density at radius 3 is 2.46 bits per heavy atom. The Labute approximate surface area is 202 Å². The molecule has 0 amide bonds. The second-order valence-electron chi connectivity index (χ2n) is 8.48. The Bertz CT molecular complexity index is 1350. The maximum absolute atomic E-state index is 14.6. The highest BCUT2D eigenvalue weighted by Crippen LogP contribution is 2.23. The number of hydrogen-bond donors (Lipinski definition) is 1. The quantitative estimate of drug-likeness (QED) is 0.323. The Morgan fingerprint density at radius 2 is 1.71 bits per heavy atom. The molecule has 0 unspecified atom stereocenters. The van der Waals surface area contributed by atoms with Crippen molar-refractivity contribution in [3.05, 3.63) is 95.5 Å². The zero-order chi connectivity index (χ0) is 24.0. The summed E-state index contributed by atoms with van der Waals surface area (Å²) in [5, 5.41) is 18.6. The molecule has 0 bridgehead atoms. The molecule has 0 radical (unpaired) electrons. The molecule has 0 fully saturated rings. The molecule has 0 atom stereocenters. The van der Waals surface area contributed by atoms with Crippen molar-refractivity contribution in [3.8, 4) is 17.2 Å². The van der Waals surface area contributed by atoms with Crippen LogP contribution in [0.15, 0.2) is 66.7 Å². The number of aryl methyl sites for hydroxylation is 3. The number of nitrogens with zero attached hydrogens (tertiary/aromatic N) is 7. The maximum atomic E-state index is 14.6. The van der Waals surface area contributed by atoms with E-state index in [4.69, 9.17) is 10.1 Å². The van der Waals surface area contributed by atoms with Crippen LogP contribution in [0.4, 0.5) is 4.39 Å². The molecular formula is C26H27FN8. The average molecular weight is 471 g/mol. The minimum absolute atomic E-state index is 0.384. The largest absolute Gasteiger partial charge is 0.283 e. The average Bonchev–Trinajstić information content (AvgIpc) is 3.63. The van der Waals surface area contributed by atoms with Gasteiger partial charge in [0.05, 0.1) is 12.2 Å². The van der Waals surface area contributed by atoms with Gasteiger partial charge in [-0.05, 0) is 58.7 Å². The summed E-state index contributed by atoms with van der Waals surface area (Å²) in [7, 11) is 0. The molecule has 0 aliphatic rings. The van der Waals surface area contributed by atoms with Crippen molar-refractivity contribution in [2.45, 2.75) is 45.6 Å². The fourth-order valence-corrected chi connectivity index (χ4v) is 4.13. The molecule has 9 heteroatoms. The zero-order valence-electron chi connectivity index (χ0n) is 19.6. The number of aromatic nitrogens is 8. The van der Waals surface area contributed by atoms with Crippen LogP contribution < -0.4 is 0 Å². The van der Waals surface area contributed by atoms with Gasteiger partial charge in [0.25, 0.3) is 0 Å². The Kier molecular flexibility index (Phi) is 6.74. The Morgan fingerprint density at radius 1 is 0.886 bits per heavy atom. The van der Waals surface area contributed by atoms with Crippen LogP contribution in [-0.4, -0.2) is 40.0 Å². The molecule has 3 aromatic heterocycles. The number of aromatic amines is 1. The number of nitrogens with one attached hydrogen (secondary N) is 1. The number of tetrazole rings is 1. The van der Waals surface area contributed by atoms with E-state index < -0.39 is 0 Å². The summed E-state index contributed by atoms with van der Waals surface area (Å²) < 4.78 is 18.1. The van der Waals surface area contributed by atoms with Crippen molar-refractivity contribution in [1.29, 1.82) is 0 Å². The van der Waals surface area contributed by atoms with E-state index in [0.29, 0.717) is 23.8 Å². The third kappa shape index (κ3) is 5.18. The third-order valence-electron chi connectivity index (χ3n) is 5.97. The van der Waals surface area contributed by atoms with Gasteiger partial charge in [0.2, 0.25) is 0 Å². The van der Waals surface area contributed by atoms with Gasteiger partial charge in [0, 0.05) is 18.5 Å². The lowest BCUT2D eigenvalue weighted by Gasteiger charge is -2.10. The van der Waals surface area contributed by atoms with Crippen LogP contribution in [-0.2, 0) is 25.8 Å². The summed E-state index contributed by atoms with van der Waals surface area (Å²) in [5.41, 5.74) is 3.60. The highest BCUT2D eigenvalue weighted by Gasteiger charge is 2.15. The van der Waals surface area contributed by atoms with Crippen LogP contribution in [0, 0.1) is 5.95 Å². The van der Waals surface area contributed by atoms with Crippen molar-refractivity contribution >= 4 is 0 Å². The fourth-order valence-electron chi connectivity index (χ4n) is 4.13. The lowest BCUT2D eigenvalue weighted by atomic mass is 10.1. The second kappa shape index (κ2) is 10.4. The predicted molar refractivity (Wildman–Crippen MR) is 130 cm³/mol. The van der Waals surface area contributed by atoms with Gasteiger partial charge in [0.1, 0.15) is 5.82 Å². The topological polar surface area (TPSA) is 90.1 Å². The van der Waals surface area contributed by atoms with E-state index in [0.717, 1.165) is 49.3 Å². The van der Waals surface area contributed by atoms with Crippen LogP contribution in [0.5, 0.6) is 0 Å². The number of benzene rings is 2. The molecule has 0 saturated carbocycles. The molecule has 3 heterocycles. The number of rotatable bonds is 10. The van der Waals surface area contributed by atoms with Gasteiger partial charge in [-0.25, -0.2) is 14.8 Å². The van der Waals surface area contributed by atoms with Crippen molar-refractivity contribution in [3.63, 3.8) is 0 Å². The van der Waals surface area contributed by atoms with Gasteiger partial charge in [-0.2, -0.15) is 9.49 Å². The Balaban J connectivity index is 1.34. The van der Waals surface area contributed by atoms with E-state index in [2.05, 4.69) is 51.8 Å². The van der Waals surface area contributed by atoms with Crippen LogP contribution in [0.25, 0.3) is 17.2 Å². The molecule has 0 saturated heterocycles. The van der Waals surface area contributed by atoms with Gasteiger partial charge >= 0.3 is 0 Å². The second-order valence-corrected chi connectivity index (χ2v) is 8.48. The third-order valence-corrected chi connectivity index (χ3v) is 5.97. The number of halogens is 1. The SMILES string of the molecule is CCCCc1nc(CCc2ccccc2)nn1Cc1ccc(-n2c(F)ccc2-c2nnn[nH]2)cc1. The molecular weight excluding hydrogens is 443 g/mol. The zero-order valence-corrected chi connectivity index (χ0v) is 19.6. The molecule has 2 aromatic carbocycles. The van der Waals surface area contributed by atoms with Crippen LogP contribution >= 0.6 is 0 Å². The molecule has 178 valence electrons. The van der Waals surface area contributed by atoms with Crippen molar-refractivity contribution in [2.24, 2.45) is 0 Å². The summed E-state index contributed by atoms with van der Waals surface area (Å²) in [5.74, 6) is 1.90. The first-order chi connectivity index (χ1) is 17.2.